The van der Waals surface area contributed by atoms with Crippen LogP contribution < -0.4 is 5.32 Å². The molecule has 0 atom stereocenters. The third kappa shape index (κ3) is 3.90. The van der Waals surface area contributed by atoms with Gasteiger partial charge in [-0.05, 0) is 26.8 Å². The van der Waals surface area contributed by atoms with Gasteiger partial charge in [0.25, 0.3) is 12.3 Å². The number of aryl methyl sites for hydroxylation is 2. The molecule has 3 aromatic heterocycles. The van der Waals surface area contributed by atoms with Crippen LogP contribution in [0.15, 0.2) is 42.7 Å². The predicted molar refractivity (Wildman–Crippen MR) is 112 cm³/mol. The van der Waals surface area contributed by atoms with E-state index in [1.807, 2.05) is 49.7 Å². The minimum atomic E-state index is -2.77. The summed E-state index contributed by atoms with van der Waals surface area (Å²) >= 11 is 0. The average molecular weight is 424 g/mol. The van der Waals surface area contributed by atoms with Crippen LogP contribution in [-0.2, 0) is 13.1 Å². The lowest BCUT2D eigenvalue weighted by Gasteiger charge is -2.09. The molecule has 4 rings (SSSR count). The SMILES string of the molecule is CCn1ncc(CNC(=O)c2cnn3c(C(F)F)cc(-c4ccc(C)cc4)nc23)c1C. The van der Waals surface area contributed by atoms with Gasteiger partial charge in [0.1, 0.15) is 11.3 Å². The Labute approximate surface area is 177 Å². The van der Waals surface area contributed by atoms with E-state index in [9.17, 15) is 13.6 Å². The standard InChI is InChI=1S/C22H22F2N6O/c1-4-29-14(3)16(11-26-29)10-25-22(31)17-12-27-30-19(20(23)24)9-18(28-21(17)30)15-7-5-13(2)6-8-15/h5-9,11-12,20H,4,10H2,1-3H3,(H,25,31). The van der Waals surface area contributed by atoms with E-state index in [0.717, 1.165) is 27.9 Å². The monoisotopic (exact) mass is 424 g/mol. The summed E-state index contributed by atoms with van der Waals surface area (Å²) in [6.45, 7) is 6.85. The molecule has 0 saturated heterocycles. The van der Waals surface area contributed by atoms with E-state index in [2.05, 4.69) is 20.5 Å². The number of nitrogens with zero attached hydrogens (tertiary/aromatic N) is 5. The fraction of sp³-hybridized carbons (Fsp3) is 0.273. The van der Waals surface area contributed by atoms with Crippen molar-refractivity contribution in [2.75, 3.05) is 0 Å². The van der Waals surface area contributed by atoms with E-state index in [-0.39, 0.29) is 23.4 Å². The van der Waals surface area contributed by atoms with Crippen LogP contribution in [0.25, 0.3) is 16.9 Å². The quantitative estimate of drug-likeness (QED) is 0.506. The van der Waals surface area contributed by atoms with Gasteiger partial charge in [0.15, 0.2) is 5.65 Å². The van der Waals surface area contributed by atoms with Gasteiger partial charge in [0, 0.05) is 29.9 Å². The highest BCUT2D eigenvalue weighted by Gasteiger charge is 2.21. The second-order valence-electron chi connectivity index (χ2n) is 7.28. The van der Waals surface area contributed by atoms with E-state index in [0.29, 0.717) is 11.3 Å². The second kappa shape index (κ2) is 8.25. The van der Waals surface area contributed by atoms with E-state index < -0.39 is 12.3 Å². The van der Waals surface area contributed by atoms with Crippen LogP contribution in [0.3, 0.4) is 0 Å². The van der Waals surface area contributed by atoms with Crippen molar-refractivity contribution in [2.45, 2.75) is 40.3 Å². The van der Waals surface area contributed by atoms with Crippen molar-refractivity contribution in [2.24, 2.45) is 0 Å². The number of rotatable bonds is 6. The Hall–Kier alpha value is -3.62. The van der Waals surface area contributed by atoms with Gasteiger partial charge in [0.2, 0.25) is 0 Å². The van der Waals surface area contributed by atoms with Crippen LogP contribution in [-0.4, -0.2) is 30.3 Å². The Morgan fingerprint density at radius 3 is 2.52 bits per heavy atom. The Bertz CT molecular complexity index is 1240. The molecule has 3 heterocycles. The molecule has 0 saturated carbocycles. The lowest BCUT2D eigenvalue weighted by molar-refractivity contribution is 0.0952. The first-order valence-corrected chi connectivity index (χ1v) is 9.92. The minimum Gasteiger partial charge on any atom is -0.348 e. The fourth-order valence-corrected chi connectivity index (χ4v) is 3.42. The van der Waals surface area contributed by atoms with Gasteiger partial charge in [0.05, 0.1) is 18.1 Å². The molecule has 0 aliphatic carbocycles. The first-order chi connectivity index (χ1) is 14.9. The minimum absolute atomic E-state index is 0.0897. The summed E-state index contributed by atoms with van der Waals surface area (Å²) in [6.07, 6.45) is 0.205. The molecule has 31 heavy (non-hydrogen) atoms. The predicted octanol–water partition coefficient (Wildman–Crippen LogP) is 4.10. The van der Waals surface area contributed by atoms with E-state index >= 15 is 0 Å². The summed E-state index contributed by atoms with van der Waals surface area (Å²) in [5.74, 6) is -0.438. The lowest BCUT2D eigenvalue weighted by Crippen LogP contribution is -2.23. The van der Waals surface area contributed by atoms with Gasteiger partial charge in [-0.2, -0.15) is 10.2 Å². The number of alkyl halides is 2. The molecule has 0 radical (unpaired) electrons. The molecular weight excluding hydrogens is 402 g/mol. The number of hydrogen-bond acceptors (Lipinski definition) is 4. The Morgan fingerprint density at radius 1 is 1.13 bits per heavy atom. The van der Waals surface area contributed by atoms with E-state index in [1.54, 1.807) is 6.20 Å². The molecule has 0 fully saturated rings. The smallest absolute Gasteiger partial charge is 0.280 e. The van der Waals surface area contributed by atoms with Crippen molar-refractivity contribution in [3.63, 3.8) is 0 Å². The molecule has 0 bridgehead atoms. The van der Waals surface area contributed by atoms with Crippen LogP contribution in [0.4, 0.5) is 8.78 Å². The zero-order valence-corrected chi connectivity index (χ0v) is 17.4. The van der Waals surface area contributed by atoms with Crippen molar-refractivity contribution < 1.29 is 13.6 Å². The lowest BCUT2D eigenvalue weighted by atomic mass is 10.1. The number of benzene rings is 1. The van der Waals surface area contributed by atoms with Crippen LogP contribution in [0.1, 0.15) is 46.2 Å². The molecule has 0 unspecified atom stereocenters. The van der Waals surface area contributed by atoms with Crippen LogP contribution in [0, 0.1) is 13.8 Å². The van der Waals surface area contributed by atoms with Gasteiger partial charge in [-0.3, -0.25) is 9.48 Å². The summed E-state index contributed by atoms with van der Waals surface area (Å²) in [4.78, 5) is 17.3. The van der Waals surface area contributed by atoms with Crippen LogP contribution in [0.5, 0.6) is 0 Å². The highest BCUT2D eigenvalue weighted by atomic mass is 19.3. The maximum absolute atomic E-state index is 13.7. The first kappa shape index (κ1) is 20.6. The van der Waals surface area contributed by atoms with Gasteiger partial charge in [-0.15, -0.1) is 0 Å². The number of hydrogen-bond donors (Lipinski definition) is 1. The number of nitrogens with one attached hydrogen (secondary N) is 1. The number of carbonyl (C=O) groups is 1. The van der Waals surface area contributed by atoms with Crippen molar-refractivity contribution in [3.05, 3.63) is 70.8 Å². The average Bonchev–Trinajstić information content (AvgIpc) is 3.35. The van der Waals surface area contributed by atoms with E-state index in [1.165, 1.54) is 12.3 Å². The van der Waals surface area contributed by atoms with Crippen molar-refractivity contribution in [1.29, 1.82) is 0 Å². The fourth-order valence-electron chi connectivity index (χ4n) is 3.42. The molecule has 0 aliphatic heterocycles. The van der Waals surface area contributed by atoms with Gasteiger partial charge in [-0.1, -0.05) is 29.8 Å². The Morgan fingerprint density at radius 2 is 1.87 bits per heavy atom. The number of carbonyl (C=O) groups excluding carboxylic acids is 1. The second-order valence-corrected chi connectivity index (χ2v) is 7.28. The molecule has 0 spiro atoms. The van der Waals surface area contributed by atoms with Crippen molar-refractivity contribution in [1.82, 2.24) is 29.7 Å². The molecular formula is C22H22F2N6O. The number of fused-ring (bicyclic) bond motifs is 1. The summed E-state index contributed by atoms with van der Waals surface area (Å²) in [5.41, 5.74) is 3.84. The highest BCUT2D eigenvalue weighted by Crippen LogP contribution is 2.27. The highest BCUT2D eigenvalue weighted by molar-refractivity contribution is 5.99. The van der Waals surface area contributed by atoms with Crippen LogP contribution in [0.2, 0.25) is 0 Å². The zero-order chi connectivity index (χ0) is 22.1. The maximum Gasteiger partial charge on any atom is 0.280 e. The topological polar surface area (TPSA) is 77.1 Å². The molecule has 7 nitrogen and oxygen atoms in total. The third-order valence-electron chi connectivity index (χ3n) is 5.26. The number of amides is 1. The summed E-state index contributed by atoms with van der Waals surface area (Å²) in [6, 6.07) is 8.69. The van der Waals surface area contributed by atoms with Gasteiger partial charge >= 0.3 is 0 Å². The summed E-state index contributed by atoms with van der Waals surface area (Å²) in [5, 5.41) is 11.1. The Kier molecular flexibility index (Phi) is 5.50. The molecule has 0 aliphatic rings. The number of aromatic nitrogens is 5. The first-order valence-electron chi connectivity index (χ1n) is 9.92. The maximum atomic E-state index is 13.7. The molecule has 1 N–H and O–H groups in total. The summed E-state index contributed by atoms with van der Waals surface area (Å²) < 4.78 is 30.3. The van der Waals surface area contributed by atoms with Crippen molar-refractivity contribution in [3.8, 4) is 11.3 Å². The Balaban J connectivity index is 1.69. The largest absolute Gasteiger partial charge is 0.348 e. The molecule has 9 heteroatoms. The molecule has 160 valence electrons. The van der Waals surface area contributed by atoms with Crippen molar-refractivity contribution >= 4 is 11.6 Å². The normalized spacial score (nSPS) is 11.4. The zero-order valence-electron chi connectivity index (χ0n) is 17.4. The molecule has 4 aromatic rings. The summed E-state index contributed by atoms with van der Waals surface area (Å²) in [7, 11) is 0. The van der Waals surface area contributed by atoms with E-state index in [4.69, 9.17) is 0 Å². The van der Waals surface area contributed by atoms with Gasteiger partial charge in [-0.25, -0.2) is 18.3 Å². The third-order valence-corrected chi connectivity index (χ3v) is 5.26. The number of halogens is 2. The van der Waals surface area contributed by atoms with Gasteiger partial charge < -0.3 is 5.32 Å². The van der Waals surface area contributed by atoms with Crippen LogP contribution >= 0.6 is 0 Å². The molecule has 1 aromatic carbocycles. The molecule has 1 amide bonds.